The number of H-pyrrole nitrogens is 1. The van der Waals surface area contributed by atoms with Gasteiger partial charge in [0.15, 0.2) is 0 Å². The van der Waals surface area contributed by atoms with Crippen LogP contribution in [0.25, 0.3) is 0 Å². The van der Waals surface area contributed by atoms with E-state index in [0.717, 1.165) is 25.2 Å². The second kappa shape index (κ2) is 5.81. The van der Waals surface area contributed by atoms with Crippen molar-refractivity contribution in [2.75, 3.05) is 6.54 Å². The highest BCUT2D eigenvalue weighted by Crippen LogP contribution is 2.17. The maximum absolute atomic E-state index is 4.30. The van der Waals surface area contributed by atoms with Crippen molar-refractivity contribution in [3.8, 4) is 0 Å². The summed E-state index contributed by atoms with van der Waals surface area (Å²) >= 11 is 0. The molecule has 1 aromatic heterocycles. The van der Waals surface area contributed by atoms with E-state index in [1.165, 1.54) is 0 Å². The second-order valence-corrected chi connectivity index (χ2v) is 4.11. The molecule has 1 unspecified atom stereocenters. The van der Waals surface area contributed by atoms with Crippen LogP contribution in [0.15, 0.2) is 12.4 Å². The third kappa shape index (κ3) is 3.50. The van der Waals surface area contributed by atoms with E-state index in [-0.39, 0.29) is 0 Å². The average molecular weight is 195 g/mol. The first kappa shape index (κ1) is 11.2. The van der Waals surface area contributed by atoms with Crippen LogP contribution >= 0.6 is 0 Å². The molecule has 3 nitrogen and oxygen atoms in total. The summed E-state index contributed by atoms with van der Waals surface area (Å²) < 4.78 is 0. The van der Waals surface area contributed by atoms with Crippen LogP contribution in [0.2, 0.25) is 0 Å². The molecule has 0 radical (unpaired) electrons. The van der Waals surface area contributed by atoms with Gasteiger partial charge >= 0.3 is 0 Å². The van der Waals surface area contributed by atoms with Gasteiger partial charge in [0.1, 0.15) is 5.82 Å². The SMILES string of the molecule is CCCNC(CC(C)C)c1ncc[nH]1. The van der Waals surface area contributed by atoms with Crippen LogP contribution in [-0.4, -0.2) is 16.5 Å². The molecule has 3 heteroatoms. The molecule has 0 amide bonds. The fourth-order valence-electron chi connectivity index (χ4n) is 1.55. The van der Waals surface area contributed by atoms with Crippen LogP contribution in [0, 0.1) is 5.92 Å². The highest BCUT2D eigenvalue weighted by molar-refractivity contribution is 4.95. The summed E-state index contributed by atoms with van der Waals surface area (Å²) in [4.78, 5) is 7.48. The molecule has 0 aromatic carbocycles. The van der Waals surface area contributed by atoms with Crippen LogP contribution in [0.4, 0.5) is 0 Å². The highest BCUT2D eigenvalue weighted by Gasteiger charge is 2.13. The van der Waals surface area contributed by atoms with E-state index >= 15 is 0 Å². The predicted molar refractivity (Wildman–Crippen MR) is 59.1 cm³/mol. The van der Waals surface area contributed by atoms with Crippen molar-refractivity contribution >= 4 is 0 Å². The molecule has 1 rings (SSSR count). The molecule has 2 N–H and O–H groups in total. The Hall–Kier alpha value is -0.830. The zero-order chi connectivity index (χ0) is 10.4. The minimum Gasteiger partial charge on any atom is -0.347 e. The van der Waals surface area contributed by atoms with Crippen molar-refractivity contribution in [2.45, 2.75) is 39.7 Å². The van der Waals surface area contributed by atoms with Crippen molar-refractivity contribution in [1.82, 2.24) is 15.3 Å². The Kier molecular flexibility index (Phi) is 4.66. The lowest BCUT2D eigenvalue weighted by Crippen LogP contribution is -2.24. The molecule has 0 saturated carbocycles. The first-order valence-electron chi connectivity index (χ1n) is 5.46. The Morgan fingerprint density at radius 3 is 2.79 bits per heavy atom. The number of aromatic amines is 1. The smallest absolute Gasteiger partial charge is 0.123 e. The summed E-state index contributed by atoms with van der Waals surface area (Å²) in [5.41, 5.74) is 0. The first-order valence-corrected chi connectivity index (χ1v) is 5.46. The molecule has 0 aliphatic carbocycles. The highest BCUT2D eigenvalue weighted by atomic mass is 15.0. The van der Waals surface area contributed by atoms with Gasteiger partial charge in [-0.25, -0.2) is 4.98 Å². The van der Waals surface area contributed by atoms with Crippen molar-refractivity contribution < 1.29 is 0 Å². The Morgan fingerprint density at radius 1 is 1.50 bits per heavy atom. The molecular weight excluding hydrogens is 174 g/mol. The summed E-state index contributed by atoms with van der Waals surface area (Å²) in [6, 6.07) is 0.380. The van der Waals surface area contributed by atoms with Gasteiger partial charge in [0.05, 0.1) is 6.04 Å². The van der Waals surface area contributed by atoms with E-state index in [0.29, 0.717) is 12.0 Å². The summed E-state index contributed by atoms with van der Waals surface area (Å²) in [5.74, 6) is 1.75. The van der Waals surface area contributed by atoms with Gasteiger partial charge in [-0.3, -0.25) is 0 Å². The van der Waals surface area contributed by atoms with Gasteiger partial charge in [-0.1, -0.05) is 20.8 Å². The van der Waals surface area contributed by atoms with Crippen LogP contribution < -0.4 is 5.32 Å². The lowest BCUT2D eigenvalue weighted by molar-refractivity contribution is 0.416. The molecule has 0 aliphatic rings. The quantitative estimate of drug-likeness (QED) is 0.732. The molecule has 0 fully saturated rings. The lowest BCUT2D eigenvalue weighted by atomic mass is 10.0. The van der Waals surface area contributed by atoms with Crippen molar-refractivity contribution in [2.24, 2.45) is 5.92 Å². The molecule has 1 heterocycles. The van der Waals surface area contributed by atoms with Gasteiger partial charge in [-0.2, -0.15) is 0 Å². The largest absolute Gasteiger partial charge is 0.347 e. The number of hydrogen-bond donors (Lipinski definition) is 2. The van der Waals surface area contributed by atoms with E-state index in [1.807, 2.05) is 12.4 Å². The zero-order valence-corrected chi connectivity index (χ0v) is 9.38. The van der Waals surface area contributed by atoms with Crippen LogP contribution in [0.5, 0.6) is 0 Å². The van der Waals surface area contributed by atoms with Gasteiger partial charge in [-0.05, 0) is 25.3 Å². The van der Waals surface area contributed by atoms with Gasteiger partial charge in [-0.15, -0.1) is 0 Å². The number of aromatic nitrogens is 2. The maximum Gasteiger partial charge on any atom is 0.123 e. The van der Waals surface area contributed by atoms with Crippen molar-refractivity contribution in [1.29, 1.82) is 0 Å². The maximum atomic E-state index is 4.30. The van der Waals surface area contributed by atoms with E-state index in [2.05, 4.69) is 36.1 Å². The lowest BCUT2D eigenvalue weighted by Gasteiger charge is -2.18. The third-order valence-corrected chi connectivity index (χ3v) is 2.20. The Bertz CT molecular complexity index is 229. The fraction of sp³-hybridized carbons (Fsp3) is 0.727. The molecule has 0 aliphatic heterocycles. The van der Waals surface area contributed by atoms with E-state index in [4.69, 9.17) is 0 Å². The molecule has 80 valence electrons. The minimum atomic E-state index is 0.380. The van der Waals surface area contributed by atoms with Gasteiger partial charge < -0.3 is 10.3 Å². The molecule has 1 atom stereocenters. The molecule has 0 saturated heterocycles. The van der Waals surface area contributed by atoms with Crippen LogP contribution in [0.3, 0.4) is 0 Å². The Labute approximate surface area is 86.3 Å². The minimum absolute atomic E-state index is 0.380. The van der Waals surface area contributed by atoms with E-state index in [1.54, 1.807) is 0 Å². The van der Waals surface area contributed by atoms with Crippen LogP contribution in [-0.2, 0) is 0 Å². The monoisotopic (exact) mass is 195 g/mol. The number of hydrogen-bond acceptors (Lipinski definition) is 2. The van der Waals surface area contributed by atoms with Crippen LogP contribution in [0.1, 0.15) is 45.5 Å². The van der Waals surface area contributed by atoms with Crippen molar-refractivity contribution in [3.05, 3.63) is 18.2 Å². The summed E-state index contributed by atoms with van der Waals surface area (Å²) in [7, 11) is 0. The zero-order valence-electron chi connectivity index (χ0n) is 9.38. The molecule has 14 heavy (non-hydrogen) atoms. The molecule has 0 spiro atoms. The predicted octanol–water partition coefficient (Wildman–Crippen LogP) is 2.50. The van der Waals surface area contributed by atoms with Gasteiger partial charge in [0.25, 0.3) is 0 Å². The normalized spacial score (nSPS) is 13.4. The first-order chi connectivity index (χ1) is 6.74. The Balaban J connectivity index is 2.53. The second-order valence-electron chi connectivity index (χ2n) is 4.11. The number of nitrogens with zero attached hydrogens (tertiary/aromatic N) is 1. The number of rotatable bonds is 6. The molecular formula is C11H21N3. The summed E-state index contributed by atoms with van der Waals surface area (Å²) in [6.07, 6.45) is 6.00. The number of imidazole rings is 1. The molecule has 0 bridgehead atoms. The Morgan fingerprint density at radius 2 is 2.29 bits per heavy atom. The number of nitrogens with one attached hydrogen (secondary N) is 2. The third-order valence-electron chi connectivity index (χ3n) is 2.20. The summed E-state index contributed by atoms with van der Waals surface area (Å²) in [5, 5.41) is 3.51. The molecule has 1 aromatic rings. The van der Waals surface area contributed by atoms with E-state index in [9.17, 15) is 0 Å². The van der Waals surface area contributed by atoms with E-state index < -0.39 is 0 Å². The standard InChI is InChI=1S/C11H21N3/c1-4-5-12-10(8-9(2)3)11-13-6-7-14-11/h6-7,9-10,12H,4-5,8H2,1-3H3,(H,13,14). The fourth-order valence-corrected chi connectivity index (χ4v) is 1.55. The van der Waals surface area contributed by atoms with Gasteiger partial charge in [0.2, 0.25) is 0 Å². The topological polar surface area (TPSA) is 40.7 Å². The summed E-state index contributed by atoms with van der Waals surface area (Å²) in [6.45, 7) is 7.72. The van der Waals surface area contributed by atoms with Gasteiger partial charge in [0, 0.05) is 12.4 Å². The average Bonchev–Trinajstić information content (AvgIpc) is 2.64. The van der Waals surface area contributed by atoms with Crippen molar-refractivity contribution in [3.63, 3.8) is 0 Å².